The van der Waals surface area contributed by atoms with Gasteiger partial charge >= 0.3 is 0 Å². The quantitative estimate of drug-likeness (QED) is 0.757. The molecule has 0 bridgehead atoms. The Hall–Kier alpha value is -1.02. The van der Waals surface area contributed by atoms with Crippen LogP contribution in [-0.4, -0.2) is 17.3 Å². The number of rotatable bonds is 7. The fraction of sp³-hybridized carbons (Fsp3) is 0.600. The molecular weight excluding hydrogens is 210 g/mol. The molecule has 1 aromatic carbocycles. The molecule has 2 N–H and O–H groups in total. The molecule has 1 aromatic rings. The number of nitrogens with one attached hydrogen (secondary N) is 1. The smallest absolute Gasteiger partial charge is 0.0788 e. The molecule has 0 saturated carbocycles. The lowest BCUT2D eigenvalue weighted by molar-refractivity contribution is 0.0697. The summed E-state index contributed by atoms with van der Waals surface area (Å²) in [5.74, 6) is 0. The van der Waals surface area contributed by atoms with E-state index in [2.05, 4.69) is 36.5 Å². The summed E-state index contributed by atoms with van der Waals surface area (Å²) < 4.78 is 0. The molecule has 0 aliphatic heterocycles. The van der Waals surface area contributed by atoms with E-state index in [-0.39, 0.29) is 0 Å². The number of hydrogen-bond acceptors (Lipinski definition) is 2. The molecule has 0 spiro atoms. The van der Waals surface area contributed by atoms with Crippen molar-refractivity contribution in [3.05, 3.63) is 29.8 Å². The van der Waals surface area contributed by atoms with Crippen molar-refractivity contribution >= 4 is 5.69 Å². The molecule has 96 valence electrons. The van der Waals surface area contributed by atoms with E-state index < -0.39 is 5.60 Å². The van der Waals surface area contributed by atoms with Crippen LogP contribution in [0.1, 0.15) is 45.6 Å². The van der Waals surface area contributed by atoms with Gasteiger partial charge in [-0.15, -0.1) is 0 Å². The summed E-state index contributed by atoms with van der Waals surface area (Å²) in [6.07, 6.45) is 4.40. The number of benzene rings is 1. The van der Waals surface area contributed by atoms with Crippen molar-refractivity contribution in [3.63, 3.8) is 0 Å². The summed E-state index contributed by atoms with van der Waals surface area (Å²) >= 11 is 0. The van der Waals surface area contributed by atoms with E-state index in [4.69, 9.17) is 0 Å². The molecule has 0 saturated heterocycles. The highest BCUT2D eigenvalue weighted by Gasteiger charge is 2.16. The van der Waals surface area contributed by atoms with Crippen LogP contribution in [0.4, 0.5) is 5.69 Å². The van der Waals surface area contributed by atoms with Crippen LogP contribution in [0, 0.1) is 0 Å². The van der Waals surface area contributed by atoms with Gasteiger partial charge in [0.2, 0.25) is 0 Å². The van der Waals surface area contributed by atoms with Crippen molar-refractivity contribution in [2.45, 2.75) is 52.1 Å². The van der Waals surface area contributed by atoms with Crippen molar-refractivity contribution in [3.8, 4) is 0 Å². The van der Waals surface area contributed by atoms with Crippen LogP contribution >= 0.6 is 0 Å². The van der Waals surface area contributed by atoms with Gasteiger partial charge in [0.1, 0.15) is 0 Å². The Morgan fingerprint density at radius 3 is 2.35 bits per heavy atom. The van der Waals surface area contributed by atoms with Gasteiger partial charge in [-0.3, -0.25) is 0 Å². The summed E-state index contributed by atoms with van der Waals surface area (Å²) in [6, 6.07) is 8.52. The first-order valence-corrected chi connectivity index (χ1v) is 6.62. The molecule has 0 aliphatic rings. The SMILES string of the molecule is CCCCc1ccc(NCC(C)(O)CC)cc1. The summed E-state index contributed by atoms with van der Waals surface area (Å²) in [6.45, 7) is 6.66. The maximum absolute atomic E-state index is 9.89. The Labute approximate surface area is 105 Å². The van der Waals surface area contributed by atoms with Gasteiger partial charge in [-0.25, -0.2) is 0 Å². The molecule has 0 fully saturated rings. The van der Waals surface area contributed by atoms with E-state index in [0.717, 1.165) is 18.5 Å². The Morgan fingerprint density at radius 2 is 1.82 bits per heavy atom. The number of aliphatic hydroxyl groups is 1. The Kier molecular flexibility index (Phi) is 5.49. The Balaban J connectivity index is 2.45. The first-order valence-electron chi connectivity index (χ1n) is 6.62. The van der Waals surface area contributed by atoms with E-state index in [0.29, 0.717) is 6.54 Å². The molecule has 0 radical (unpaired) electrons. The second-order valence-corrected chi connectivity index (χ2v) is 5.00. The molecule has 0 aromatic heterocycles. The zero-order valence-corrected chi connectivity index (χ0v) is 11.3. The fourth-order valence-corrected chi connectivity index (χ4v) is 1.59. The zero-order chi connectivity index (χ0) is 12.7. The highest BCUT2D eigenvalue weighted by atomic mass is 16.3. The second-order valence-electron chi connectivity index (χ2n) is 5.00. The minimum atomic E-state index is -0.624. The standard InChI is InChI=1S/C15H25NO/c1-4-6-7-13-8-10-14(11-9-13)16-12-15(3,17)5-2/h8-11,16-17H,4-7,12H2,1-3H3. The largest absolute Gasteiger partial charge is 0.388 e. The lowest BCUT2D eigenvalue weighted by atomic mass is 10.0. The molecule has 17 heavy (non-hydrogen) atoms. The molecule has 1 unspecified atom stereocenters. The van der Waals surface area contributed by atoms with E-state index in [1.54, 1.807) is 0 Å². The highest BCUT2D eigenvalue weighted by Crippen LogP contribution is 2.14. The van der Waals surface area contributed by atoms with Crippen LogP contribution in [0.5, 0.6) is 0 Å². The monoisotopic (exact) mass is 235 g/mol. The lowest BCUT2D eigenvalue weighted by Gasteiger charge is -2.22. The van der Waals surface area contributed by atoms with Crippen molar-refractivity contribution in [1.82, 2.24) is 0 Å². The molecular formula is C15H25NO. The fourth-order valence-electron chi connectivity index (χ4n) is 1.59. The van der Waals surface area contributed by atoms with Crippen molar-refractivity contribution in [1.29, 1.82) is 0 Å². The Morgan fingerprint density at radius 1 is 1.18 bits per heavy atom. The zero-order valence-electron chi connectivity index (χ0n) is 11.3. The molecule has 0 aliphatic carbocycles. The number of aryl methyl sites for hydroxylation is 1. The third-order valence-electron chi connectivity index (χ3n) is 3.21. The van der Waals surface area contributed by atoms with E-state index in [9.17, 15) is 5.11 Å². The van der Waals surface area contributed by atoms with Crippen molar-refractivity contribution < 1.29 is 5.11 Å². The predicted octanol–water partition coefficient (Wildman–Crippen LogP) is 3.60. The minimum absolute atomic E-state index is 0.595. The molecule has 2 nitrogen and oxygen atoms in total. The second kappa shape index (κ2) is 6.65. The summed E-state index contributed by atoms with van der Waals surface area (Å²) in [5, 5.41) is 13.2. The van der Waals surface area contributed by atoms with Crippen LogP contribution in [0.25, 0.3) is 0 Å². The maximum atomic E-state index is 9.89. The minimum Gasteiger partial charge on any atom is -0.388 e. The third kappa shape index (κ3) is 5.22. The maximum Gasteiger partial charge on any atom is 0.0788 e. The lowest BCUT2D eigenvalue weighted by Crippen LogP contribution is -2.32. The van der Waals surface area contributed by atoms with Gasteiger partial charge in [-0.05, 0) is 43.9 Å². The summed E-state index contributed by atoms with van der Waals surface area (Å²) in [5.41, 5.74) is 1.85. The van der Waals surface area contributed by atoms with Crippen LogP contribution < -0.4 is 5.32 Å². The Bertz CT molecular complexity index is 316. The number of unbranched alkanes of at least 4 members (excludes halogenated alkanes) is 1. The van der Waals surface area contributed by atoms with Gasteiger partial charge in [0.25, 0.3) is 0 Å². The van der Waals surface area contributed by atoms with Gasteiger partial charge in [-0.1, -0.05) is 32.4 Å². The van der Waals surface area contributed by atoms with Crippen molar-refractivity contribution in [2.75, 3.05) is 11.9 Å². The van der Waals surface area contributed by atoms with Crippen LogP contribution in [0.3, 0.4) is 0 Å². The number of hydrogen-bond donors (Lipinski definition) is 2. The summed E-state index contributed by atoms with van der Waals surface area (Å²) in [4.78, 5) is 0. The third-order valence-corrected chi connectivity index (χ3v) is 3.21. The van der Waals surface area contributed by atoms with Crippen LogP contribution in [0.15, 0.2) is 24.3 Å². The highest BCUT2D eigenvalue weighted by molar-refractivity contribution is 5.44. The van der Waals surface area contributed by atoms with Crippen molar-refractivity contribution in [2.24, 2.45) is 0 Å². The van der Waals surface area contributed by atoms with E-state index in [1.807, 2.05) is 13.8 Å². The normalized spacial score (nSPS) is 14.4. The predicted molar refractivity (Wildman–Crippen MR) is 74.5 cm³/mol. The van der Waals surface area contributed by atoms with Gasteiger partial charge < -0.3 is 10.4 Å². The average molecular weight is 235 g/mol. The molecule has 0 heterocycles. The van der Waals surface area contributed by atoms with E-state index in [1.165, 1.54) is 18.4 Å². The van der Waals surface area contributed by atoms with E-state index >= 15 is 0 Å². The van der Waals surface area contributed by atoms with Gasteiger partial charge in [0, 0.05) is 12.2 Å². The van der Waals surface area contributed by atoms with Crippen LogP contribution in [0.2, 0.25) is 0 Å². The van der Waals surface area contributed by atoms with Crippen LogP contribution in [-0.2, 0) is 6.42 Å². The van der Waals surface area contributed by atoms with Gasteiger partial charge in [0.15, 0.2) is 0 Å². The molecule has 0 amide bonds. The average Bonchev–Trinajstić information content (AvgIpc) is 2.35. The topological polar surface area (TPSA) is 32.3 Å². The molecule has 2 heteroatoms. The number of anilines is 1. The summed E-state index contributed by atoms with van der Waals surface area (Å²) in [7, 11) is 0. The molecule has 1 rings (SSSR count). The first-order chi connectivity index (χ1) is 8.07. The molecule has 1 atom stereocenters. The van der Waals surface area contributed by atoms with Gasteiger partial charge in [-0.2, -0.15) is 0 Å². The first kappa shape index (κ1) is 14.0. The van der Waals surface area contributed by atoms with Gasteiger partial charge in [0.05, 0.1) is 5.60 Å².